The maximum atomic E-state index is 11.4. The van der Waals surface area contributed by atoms with E-state index >= 15 is 0 Å². The first kappa shape index (κ1) is 9.79. The van der Waals surface area contributed by atoms with Crippen molar-refractivity contribution in [1.82, 2.24) is 0 Å². The minimum absolute atomic E-state index is 0.0690. The molecule has 1 rings (SSSR count). The van der Waals surface area contributed by atoms with Gasteiger partial charge in [-0.3, -0.25) is 4.79 Å². The maximum Gasteiger partial charge on any atom is 0.174 e. The van der Waals surface area contributed by atoms with Crippen LogP contribution < -0.4 is 0 Å². The number of Topliss-reactive ketones (excluding diaryl/α,β-unsaturated/α-hetero) is 1. The van der Waals surface area contributed by atoms with Gasteiger partial charge in [0.15, 0.2) is 5.78 Å². The van der Waals surface area contributed by atoms with Crippen molar-refractivity contribution in [2.45, 2.75) is 34.1 Å². The van der Waals surface area contributed by atoms with E-state index in [-0.39, 0.29) is 11.2 Å². The first-order chi connectivity index (χ1) is 5.36. The summed E-state index contributed by atoms with van der Waals surface area (Å²) in [5, 5.41) is 0.460. The Labute approximate surface area is 78.8 Å². The van der Waals surface area contributed by atoms with Crippen LogP contribution in [0.1, 0.15) is 34.1 Å². The topological polar surface area (TPSA) is 17.1 Å². The minimum atomic E-state index is 0.0690. The van der Waals surface area contributed by atoms with Crippen molar-refractivity contribution in [3.8, 4) is 0 Å². The van der Waals surface area contributed by atoms with Gasteiger partial charge in [-0.15, -0.1) is 0 Å². The molecule has 0 saturated carbocycles. The fraction of sp³-hybridized carbons (Fsp3) is 0.700. The highest BCUT2D eigenvalue weighted by molar-refractivity contribution is 6.43. The molecule has 0 N–H and O–H groups in total. The summed E-state index contributed by atoms with van der Waals surface area (Å²) in [6, 6.07) is 0. The zero-order valence-electron chi connectivity index (χ0n) is 8.07. The third-order valence-electron chi connectivity index (χ3n) is 3.03. The lowest BCUT2D eigenvalue weighted by atomic mass is 9.69. The van der Waals surface area contributed by atoms with E-state index in [2.05, 4.69) is 20.8 Å². The van der Waals surface area contributed by atoms with E-state index in [4.69, 9.17) is 11.6 Å². The summed E-state index contributed by atoms with van der Waals surface area (Å²) in [6.45, 7) is 8.31. The van der Waals surface area contributed by atoms with Crippen molar-refractivity contribution in [3.63, 3.8) is 0 Å². The number of carbonyl (C=O) groups is 1. The molecular formula is C10H15ClO. The Kier molecular flexibility index (Phi) is 2.35. The summed E-state index contributed by atoms with van der Waals surface area (Å²) in [4.78, 5) is 11.4. The fourth-order valence-corrected chi connectivity index (χ4v) is 1.87. The summed E-state index contributed by atoms with van der Waals surface area (Å²) >= 11 is 5.87. The van der Waals surface area contributed by atoms with Crippen LogP contribution >= 0.6 is 11.6 Å². The molecule has 0 bridgehead atoms. The van der Waals surface area contributed by atoms with Gasteiger partial charge in [0, 0.05) is 6.42 Å². The molecule has 0 radical (unpaired) electrons. The van der Waals surface area contributed by atoms with Crippen LogP contribution in [0.5, 0.6) is 0 Å². The lowest BCUT2D eigenvalue weighted by molar-refractivity contribution is -0.118. The third-order valence-corrected chi connectivity index (χ3v) is 3.54. The molecule has 0 spiro atoms. The van der Waals surface area contributed by atoms with E-state index in [1.165, 1.54) is 0 Å². The number of hydrogen-bond donors (Lipinski definition) is 0. The Morgan fingerprint density at radius 2 is 2.00 bits per heavy atom. The van der Waals surface area contributed by atoms with E-state index in [1.807, 2.05) is 6.92 Å². The van der Waals surface area contributed by atoms with Gasteiger partial charge < -0.3 is 0 Å². The van der Waals surface area contributed by atoms with Crippen molar-refractivity contribution in [2.24, 2.45) is 11.3 Å². The molecule has 1 nitrogen and oxygen atoms in total. The van der Waals surface area contributed by atoms with Crippen LogP contribution in [0.3, 0.4) is 0 Å². The van der Waals surface area contributed by atoms with Crippen LogP contribution in [-0.4, -0.2) is 5.78 Å². The Hall–Kier alpha value is -0.300. The number of ketones is 1. The summed E-state index contributed by atoms with van der Waals surface area (Å²) in [7, 11) is 0. The second kappa shape index (κ2) is 2.88. The number of allylic oxidation sites excluding steroid dienone is 2. The SMILES string of the molecule is CC1=C(Cl)C(=O)CC(C)(C)C1C. The molecule has 0 fully saturated rings. The van der Waals surface area contributed by atoms with Crippen molar-refractivity contribution in [1.29, 1.82) is 0 Å². The summed E-state index contributed by atoms with van der Waals surface area (Å²) in [6.07, 6.45) is 0.574. The molecule has 1 unspecified atom stereocenters. The molecule has 68 valence electrons. The fourth-order valence-electron chi connectivity index (χ4n) is 1.64. The van der Waals surface area contributed by atoms with Gasteiger partial charge in [-0.05, 0) is 23.8 Å². The number of rotatable bonds is 0. The average molecular weight is 187 g/mol. The van der Waals surface area contributed by atoms with Gasteiger partial charge in [-0.1, -0.05) is 32.4 Å². The Bertz CT molecular complexity index is 251. The monoisotopic (exact) mass is 186 g/mol. The first-order valence-electron chi connectivity index (χ1n) is 4.25. The van der Waals surface area contributed by atoms with Crippen LogP contribution in [-0.2, 0) is 4.79 Å². The average Bonchev–Trinajstić information content (AvgIpc) is 1.97. The summed E-state index contributed by atoms with van der Waals surface area (Å²) in [5.41, 5.74) is 1.11. The lowest BCUT2D eigenvalue weighted by Crippen LogP contribution is -2.31. The lowest BCUT2D eigenvalue weighted by Gasteiger charge is -2.36. The van der Waals surface area contributed by atoms with Crippen LogP contribution in [0.15, 0.2) is 10.6 Å². The first-order valence-corrected chi connectivity index (χ1v) is 4.63. The van der Waals surface area contributed by atoms with Gasteiger partial charge in [0.05, 0.1) is 5.03 Å². The molecule has 0 aliphatic heterocycles. The standard InChI is InChI=1S/C10H15ClO/c1-6-7(2)10(3,4)5-8(12)9(6)11/h7H,5H2,1-4H3. The van der Waals surface area contributed by atoms with Crippen LogP contribution in [0.25, 0.3) is 0 Å². The van der Waals surface area contributed by atoms with Crippen molar-refractivity contribution in [3.05, 3.63) is 10.6 Å². The van der Waals surface area contributed by atoms with E-state index in [0.29, 0.717) is 17.4 Å². The molecule has 1 aliphatic rings. The molecule has 1 aliphatic carbocycles. The Morgan fingerprint density at radius 3 is 2.50 bits per heavy atom. The molecular weight excluding hydrogens is 172 g/mol. The molecule has 0 aromatic carbocycles. The summed E-state index contributed by atoms with van der Waals surface area (Å²) < 4.78 is 0. The van der Waals surface area contributed by atoms with Crippen LogP contribution in [0, 0.1) is 11.3 Å². The molecule has 0 saturated heterocycles. The highest BCUT2D eigenvalue weighted by atomic mass is 35.5. The summed E-state index contributed by atoms with van der Waals surface area (Å²) in [5.74, 6) is 0.500. The highest BCUT2D eigenvalue weighted by Gasteiger charge is 2.36. The Balaban J connectivity index is 3.10. The predicted octanol–water partition coefficient (Wildman–Crippen LogP) is 3.13. The zero-order chi connectivity index (χ0) is 9.52. The molecule has 0 aromatic rings. The smallest absolute Gasteiger partial charge is 0.174 e. The molecule has 12 heavy (non-hydrogen) atoms. The predicted molar refractivity (Wildman–Crippen MR) is 51.1 cm³/mol. The number of carbonyl (C=O) groups excluding carboxylic acids is 1. The van der Waals surface area contributed by atoms with Gasteiger partial charge >= 0.3 is 0 Å². The molecule has 0 heterocycles. The van der Waals surface area contributed by atoms with E-state index in [9.17, 15) is 4.79 Å². The minimum Gasteiger partial charge on any atom is -0.293 e. The normalized spacial score (nSPS) is 29.4. The third kappa shape index (κ3) is 1.42. The highest BCUT2D eigenvalue weighted by Crippen LogP contribution is 2.42. The number of hydrogen-bond acceptors (Lipinski definition) is 1. The van der Waals surface area contributed by atoms with Crippen LogP contribution in [0.4, 0.5) is 0 Å². The van der Waals surface area contributed by atoms with Crippen LogP contribution in [0.2, 0.25) is 0 Å². The largest absolute Gasteiger partial charge is 0.293 e. The second-order valence-corrected chi connectivity index (χ2v) is 4.69. The van der Waals surface area contributed by atoms with Crippen molar-refractivity contribution in [2.75, 3.05) is 0 Å². The van der Waals surface area contributed by atoms with Gasteiger partial charge in [0.2, 0.25) is 0 Å². The van der Waals surface area contributed by atoms with Gasteiger partial charge in [-0.25, -0.2) is 0 Å². The zero-order valence-corrected chi connectivity index (χ0v) is 8.83. The van der Waals surface area contributed by atoms with Gasteiger partial charge in [-0.2, -0.15) is 0 Å². The van der Waals surface area contributed by atoms with Crippen molar-refractivity contribution < 1.29 is 4.79 Å². The van der Waals surface area contributed by atoms with E-state index < -0.39 is 0 Å². The van der Waals surface area contributed by atoms with Crippen molar-refractivity contribution >= 4 is 17.4 Å². The van der Waals surface area contributed by atoms with E-state index in [0.717, 1.165) is 5.57 Å². The Morgan fingerprint density at radius 1 is 1.50 bits per heavy atom. The number of halogens is 1. The van der Waals surface area contributed by atoms with Gasteiger partial charge in [0.25, 0.3) is 0 Å². The maximum absolute atomic E-state index is 11.4. The quantitative estimate of drug-likeness (QED) is 0.568. The molecule has 2 heteroatoms. The van der Waals surface area contributed by atoms with Gasteiger partial charge in [0.1, 0.15) is 0 Å². The molecule has 0 aromatic heterocycles. The molecule has 1 atom stereocenters. The molecule has 0 amide bonds. The second-order valence-electron chi connectivity index (χ2n) is 4.31. The van der Waals surface area contributed by atoms with E-state index in [1.54, 1.807) is 0 Å².